The van der Waals surface area contributed by atoms with Gasteiger partial charge in [0.25, 0.3) is 5.91 Å². The van der Waals surface area contributed by atoms with Crippen molar-refractivity contribution in [1.82, 2.24) is 15.1 Å². The van der Waals surface area contributed by atoms with Crippen molar-refractivity contribution in [1.29, 1.82) is 0 Å². The average molecular weight is 627 g/mol. The smallest absolute Gasteiger partial charge is 0.410 e. The summed E-state index contributed by atoms with van der Waals surface area (Å²) < 4.78 is 5.52. The number of carbonyl (C=O) groups excluding carboxylic acids is 3. The molecule has 9 nitrogen and oxygen atoms in total. The molecule has 10 heteroatoms. The SMILES string of the molecule is CC(C)[C@@H](NC(=O)c1ccccc1N1CCN(C(=O)OC(C)(C)C)CC1)C(=O)N1CC[C@](O)(c2ccc(Cl)cc2)C(C)(C)C1. The first-order valence-corrected chi connectivity index (χ1v) is 15.8. The van der Waals surface area contributed by atoms with E-state index >= 15 is 0 Å². The Kier molecular flexibility index (Phi) is 9.90. The van der Waals surface area contributed by atoms with Crippen LogP contribution >= 0.6 is 11.6 Å². The van der Waals surface area contributed by atoms with E-state index in [-0.39, 0.29) is 23.8 Å². The van der Waals surface area contributed by atoms with Gasteiger partial charge in [0.05, 0.1) is 11.2 Å². The number of nitrogens with zero attached hydrogens (tertiary/aromatic N) is 3. The van der Waals surface area contributed by atoms with Gasteiger partial charge in [-0.1, -0.05) is 63.6 Å². The molecule has 2 aliphatic rings. The minimum Gasteiger partial charge on any atom is -0.444 e. The lowest BCUT2D eigenvalue weighted by Gasteiger charge is -2.51. The molecule has 2 aromatic carbocycles. The van der Waals surface area contributed by atoms with Crippen molar-refractivity contribution in [3.8, 4) is 0 Å². The van der Waals surface area contributed by atoms with E-state index in [4.69, 9.17) is 16.3 Å². The first kappa shape index (κ1) is 33.6. The largest absolute Gasteiger partial charge is 0.444 e. The maximum Gasteiger partial charge on any atom is 0.410 e. The van der Waals surface area contributed by atoms with Crippen LogP contribution < -0.4 is 10.2 Å². The van der Waals surface area contributed by atoms with Gasteiger partial charge in [-0.15, -0.1) is 0 Å². The van der Waals surface area contributed by atoms with Gasteiger partial charge in [-0.2, -0.15) is 0 Å². The number of aliphatic hydroxyl groups is 1. The van der Waals surface area contributed by atoms with E-state index in [0.29, 0.717) is 56.3 Å². The van der Waals surface area contributed by atoms with Gasteiger partial charge in [0, 0.05) is 55.4 Å². The van der Waals surface area contributed by atoms with E-state index < -0.39 is 22.7 Å². The minimum absolute atomic E-state index is 0.156. The van der Waals surface area contributed by atoms with E-state index in [1.54, 1.807) is 28.0 Å². The molecular formula is C34H47ClN4O5. The first-order chi connectivity index (χ1) is 20.5. The Morgan fingerprint density at radius 2 is 1.55 bits per heavy atom. The Morgan fingerprint density at radius 1 is 0.932 bits per heavy atom. The highest BCUT2D eigenvalue weighted by Crippen LogP contribution is 2.46. The third-order valence-corrected chi connectivity index (χ3v) is 8.97. The van der Waals surface area contributed by atoms with Gasteiger partial charge in [-0.25, -0.2) is 4.79 Å². The summed E-state index contributed by atoms with van der Waals surface area (Å²) in [5, 5.41) is 15.4. The van der Waals surface area contributed by atoms with Crippen molar-refractivity contribution in [2.45, 2.75) is 72.1 Å². The molecule has 240 valence electrons. The molecule has 0 spiro atoms. The predicted molar refractivity (Wildman–Crippen MR) is 173 cm³/mol. The van der Waals surface area contributed by atoms with Gasteiger partial charge < -0.3 is 29.9 Å². The van der Waals surface area contributed by atoms with Gasteiger partial charge in [0.1, 0.15) is 11.6 Å². The van der Waals surface area contributed by atoms with Crippen LogP contribution in [-0.2, 0) is 15.1 Å². The molecule has 0 bridgehead atoms. The number of ether oxygens (including phenoxy) is 1. The van der Waals surface area contributed by atoms with Crippen LogP contribution in [0.3, 0.4) is 0 Å². The van der Waals surface area contributed by atoms with Crippen molar-refractivity contribution < 1.29 is 24.2 Å². The zero-order valence-corrected chi connectivity index (χ0v) is 27.8. The number of nitrogens with one attached hydrogen (secondary N) is 1. The maximum absolute atomic E-state index is 13.9. The summed E-state index contributed by atoms with van der Waals surface area (Å²) in [6, 6.07) is 13.8. The van der Waals surface area contributed by atoms with Crippen LogP contribution in [0.2, 0.25) is 5.02 Å². The highest BCUT2D eigenvalue weighted by molar-refractivity contribution is 6.30. The molecule has 44 heavy (non-hydrogen) atoms. The monoisotopic (exact) mass is 626 g/mol. The number of hydrogen-bond acceptors (Lipinski definition) is 6. The Labute approximate surface area is 266 Å². The number of rotatable bonds is 6. The molecule has 0 aromatic heterocycles. The molecule has 0 saturated carbocycles. The topological polar surface area (TPSA) is 102 Å². The standard InChI is InChI=1S/C34H47ClN4O5/c1-23(2)28(30(41)39-17-16-34(43,33(6,7)22-39)24-12-14-25(35)15-13-24)36-29(40)26-10-8-9-11-27(26)37-18-20-38(21-19-37)31(42)44-32(3,4)5/h8-15,23,28,43H,16-22H2,1-7H3,(H,36,40)/t28-,34+/m1/s1. The van der Waals surface area contributed by atoms with E-state index in [0.717, 1.165) is 11.3 Å². The molecule has 0 aliphatic carbocycles. The third-order valence-electron chi connectivity index (χ3n) is 8.72. The number of hydrogen-bond donors (Lipinski definition) is 2. The lowest BCUT2D eigenvalue weighted by Crippen LogP contribution is -2.60. The minimum atomic E-state index is -1.13. The average Bonchev–Trinajstić information content (AvgIpc) is 2.96. The first-order valence-electron chi connectivity index (χ1n) is 15.4. The summed E-state index contributed by atoms with van der Waals surface area (Å²) >= 11 is 6.08. The molecule has 2 aliphatic heterocycles. The number of benzene rings is 2. The Balaban J connectivity index is 1.45. The molecule has 2 atom stereocenters. The van der Waals surface area contributed by atoms with Gasteiger partial charge in [0.15, 0.2) is 0 Å². The van der Waals surface area contributed by atoms with Crippen molar-refractivity contribution in [3.63, 3.8) is 0 Å². The van der Waals surface area contributed by atoms with Crippen molar-refractivity contribution in [3.05, 3.63) is 64.7 Å². The zero-order valence-electron chi connectivity index (χ0n) is 27.0. The van der Waals surface area contributed by atoms with Crippen LogP contribution in [-0.4, -0.2) is 83.7 Å². The summed E-state index contributed by atoms with van der Waals surface area (Å²) in [7, 11) is 0. The van der Waals surface area contributed by atoms with Gasteiger partial charge in [0.2, 0.25) is 5.91 Å². The lowest BCUT2D eigenvalue weighted by molar-refractivity contribution is -0.155. The normalized spacial score (nSPS) is 21.2. The summed E-state index contributed by atoms with van der Waals surface area (Å²) in [6.07, 6.45) is 0.0264. The zero-order chi connectivity index (χ0) is 32.4. The van der Waals surface area contributed by atoms with E-state index in [1.807, 2.05) is 78.8 Å². The Morgan fingerprint density at radius 3 is 2.11 bits per heavy atom. The second kappa shape index (κ2) is 13.0. The molecule has 2 aromatic rings. The number of carbonyl (C=O) groups is 3. The molecule has 0 unspecified atom stereocenters. The van der Waals surface area contributed by atoms with E-state index in [2.05, 4.69) is 10.2 Å². The van der Waals surface area contributed by atoms with Crippen molar-refractivity contribution >= 4 is 35.2 Å². The molecule has 2 N–H and O–H groups in total. The van der Waals surface area contributed by atoms with Crippen LogP contribution in [0.5, 0.6) is 0 Å². The summed E-state index contributed by atoms with van der Waals surface area (Å²) in [6.45, 7) is 16.1. The lowest BCUT2D eigenvalue weighted by atomic mass is 9.66. The van der Waals surface area contributed by atoms with Gasteiger partial charge in [-0.3, -0.25) is 9.59 Å². The van der Waals surface area contributed by atoms with E-state index in [1.165, 1.54) is 0 Å². The van der Waals surface area contributed by atoms with Crippen LogP contribution in [0.15, 0.2) is 48.5 Å². The van der Waals surface area contributed by atoms with Gasteiger partial charge >= 0.3 is 6.09 Å². The van der Waals surface area contributed by atoms with Crippen molar-refractivity contribution in [2.24, 2.45) is 11.3 Å². The molecule has 0 radical (unpaired) electrons. The van der Waals surface area contributed by atoms with Crippen LogP contribution in [0.25, 0.3) is 0 Å². The number of anilines is 1. The van der Waals surface area contributed by atoms with Crippen LogP contribution in [0.4, 0.5) is 10.5 Å². The molecule has 2 fully saturated rings. The maximum atomic E-state index is 13.9. The third kappa shape index (κ3) is 7.32. The number of piperidine rings is 1. The number of halogens is 1. The number of amides is 3. The van der Waals surface area contributed by atoms with Crippen LogP contribution in [0, 0.1) is 11.3 Å². The molecule has 2 saturated heterocycles. The number of para-hydroxylation sites is 1. The molecule has 3 amide bonds. The van der Waals surface area contributed by atoms with E-state index in [9.17, 15) is 19.5 Å². The summed E-state index contributed by atoms with van der Waals surface area (Å²) in [5.41, 5.74) is -0.323. The van der Waals surface area contributed by atoms with Crippen molar-refractivity contribution in [2.75, 3.05) is 44.2 Å². The number of piperazine rings is 1. The fraction of sp³-hybridized carbons (Fsp3) is 0.559. The van der Waals surface area contributed by atoms with Crippen LogP contribution in [0.1, 0.15) is 70.8 Å². The fourth-order valence-corrected chi connectivity index (χ4v) is 6.22. The second-order valence-corrected chi connectivity index (χ2v) is 14.4. The number of likely N-dealkylation sites (tertiary alicyclic amines) is 1. The fourth-order valence-electron chi connectivity index (χ4n) is 6.10. The summed E-state index contributed by atoms with van der Waals surface area (Å²) in [4.78, 5) is 45.7. The van der Waals surface area contributed by atoms with Gasteiger partial charge in [-0.05, 0) is 62.9 Å². The molecule has 2 heterocycles. The Hall–Kier alpha value is -3.30. The predicted octanol–water partition coefficient (Wildman–Crippen LogP) is 5.30. The molecular weight excluding hydrogens is 580 g/mol. The quantitative estimate of drug-likeness (QED) is 0.451. The summed E-state index contributed by atoms with van der Waals surface area (Å²) in [5.74, 6) is -0.643. The highest BCUT2D eigenvalue weighted by Gasteiger charge is 2.50. The Bertz CT molecular complexity index is 1350. The molecule has 4 rings (SSSR count). The highest BCUT2D eigenvalue weighted by atomic mass is 35.5. The second-order valence-electron chi connectivity index (χ2n) is 13.9.